The number of fused-ring (bicyclic) bond motifs is 2. The Morgan fingerprint density at radius 2 is 1.50 bits per heavy atom. The third-order valence-corrected chi connectivity index (χ3v) is 12.2. The number of piperidine rings is 1. The number of rotatable bonds is 4. The summed E-state index contributed by atoms with van der Waals surface area (Å²) in [4.78, 5) is 31.7. The van der Waals surface area contributed by atoms with Crippen molar-refractivity contribution in [2.45, 2.75) is 134 Å². The fraction of sp³-hybridized carbons (Fsp3) is 0.765. The maximum atomic E-state index is 14.6. The van der Waals surface area contributed by atoms with Crippen molar-refractivity contribution < 1.29 is 23.6 Å². The van der Waals surface area contributed by atoms with E-state index in [1.165, 1.54) is 44.9 Å². The van der Waals surface area contributed by atoms with Crippen LogP contribution in [0.3, 0.4) is 0 Å². The number of carbonyl (C=O) groups is 2. The maximum absolute atomic E-state index is 14.6. The number of carbonyl (C=O) groups excluding carboxylic acids is 2. The first-order valence-electron chi connectivity index (χ1n) is 16.8. The number of amides is 2. The summed E-state index contributed by atoms with van der Waals surface area (Å²) in [5.74, 6) is 1.88. The maximum Gasteiger partial charge on any atom is 0.494 e. The zero-order valence-electron chi connectivity index (χ0n) is 26.2. The Kier molecular flexibility index (Phi) is 7.30. The van der Waals surface area contributed by atoms with Crippen molar-refractivity contribution in [3.8, 4) is 0 Å². The fourth-order valence-electron chi connectivity index (χ4n) is 8.51. The van der Waals surface area contributed by atoms with Crippen molar-refractivity contribution >= 4 is 30.1 Å². The summed E-state index contributed by atoms with van der Waals surface area (Å²) in [6.45, 7) is 10.2. The van der Waals surface area contributed by atoms with Gasteiger partial charge in [-0.3, -0.25) is 9.59 Å². The molecule has 8 heteroatoms. The molecule has 42 heavy (non-hydrogen) atoms. The molecular weight excluding hydrogens is 527 g/mol. The summed E-state index contributed by atoms with van der Waals surface area (Å²) in [6, 6.07) is 6.72. The molecule has 3 saturated heterocycles. The molecule has 4 heterocycles. The van der Waals surface area contributed by atoms with Crippen molar-refractivity contribution in [3.63, 3.8) is 0 Å². The minimum atomic E-state index is -0.563. The minimum Gasteiger partial charge on any atom is -0.399 e. The molecule has 0 aromatic heterocycles. The summed E-state index contributed by atoms with van der Waals surface area (Å²) in [5, 5.41) is 0. The van der Waals surface area contributed by atoms with Crippen LogP contribution >= 0.6 is 0 Å². The molecule has 0 bridgehead atoms. The average Bonchev–Trinajstić information content (AvgIpc) is 3.24. The molecule has 2 amide bonds. The van der Waals surface area contributed by atoms with Crippen LogP contribution in [0.4, 0.5) is 5.69 Å². The smallest absolute Gasteiger partial charge is 0.399 e. The van der Waals surface area contributed by atoms with Crippen molar-refractivity contribution in [2.75, 3.05) is 24.6 Å². The topological polar surface area (TPSA) is 68.3 Å². The van der Waals surface area contributed by atoms with E-state index in [1.54, 1.807) is 0 Å². The molecule has 1 spiro atoms. The highest BCUT2D eigenvalue weighted by atomic mass is 16.7. The summed E-state index contributed by atoms with van der Waals surface area (Å²) in [6.07, 6.45) is 13.6. The lowest BCUT2D eigenvalue weighted by molar-refractivity contribution is -0.158. The van der Waals surface area contributed by atoms with Gasteiger partial charge in [0.1, 0.15) is 6.10 Å². The van der Waals surface area contributed by atoms with Gasteiger partial charge in [-0.25, -0.2) is 0 Å². The monoisotopic (exact) mass is 576 g/mol. The second kappa shape index (κ2) is 10.6. The predicted octanol–water partition coefficient (Wildman–Crippen LogP) is 5.12. The second-order valence-electron chi connectivity index (χ2n) is 15.1. The van der Waals surface area contributed by atoms with E-state index in [0.29, 0.717) is 32.5 Å². The Labute approximate surface area is 252 Å². The van der Waals surface area contributed by atoms with Crippen LogP contribution in [0, 0.1) is 11.8 Å². The van der Waals surface area contributed by atoms with Gasteiger partial charge in [-0.2, -0.15) is 0 Å². The van der Waals surface area contributed by atoms with Gasteiger partial charge in [0, 0.05) is 31.2 Å². The highest BCUT2D eigenvalue weighted by Gasteiger charge is 2.57. The first kappa shape index (κ1) is 28.9. The number of hydrogen-bond donors (Lipinski definition) is 0. The lowest BCUT2D eigenvalue weighted by Gasteiger charge is -2.46. The third-order valence-electron chi connectivity index (χ3n) is 12.2. The Morgan fingerprint density at radius 3 is 2.10 bits per heavy atom. The molecular formula is C34H49BN2O5. The van der Waals surface area contributed by atoms with Gasteiger partial charge in [0.05, 0.1) is 23.2 Å². The molecule has 1 aromatic carbocycles. The predicted molar refractivity (Wildman–Crippen MR) is 164 cm³/mol. The van der Waals surface area contributed by atoms with Crippen LogP contribution in [0.15, 0.2) is 18.2 Å². The Balaban J connectivity index is 1.15. The fourth-order valence-corrected chi connectivity index (χ4v) is 8.51. The largest absolute Gasteiger partial charge is 0.494 e. The van der Waals surface area contributed by atoms with Crippen LogP contribution in [-0.4, -0.2) is 66.9 Å². The van der Waals surface area contributed by atoms with Gasteiger partial charge in [-0.05, 0) is 82.3 Å². The van der Waals surface area contributed by atoms with E-state index in [4.69, 9.17) is 14.0 Å². The van der Waals surface area contributed by atoms with E-state index in [1.807, 2.05) is 4.90 Å². The molecule has 4 aliphatic heterocycles. The second-order valence-corrected chi connectivity index (χ2v) is 15.1. The SMILES string of the molecule is CC1(C)OB(c2ccc3c(c2)N(C2CC(C4CCCCCCC4)C2)C(=O)C32CCN(C(=O)C3CCO3)CC2)OC1(C)C. The molecule has 1 aromatic rings. The van der Waals surface area contributed by atoms with Gasteiger partial charge < -0.3 is 23.8 Å². The van der Waals surface area contributed by atoms with Gasteiger partial charge in [0.2, 0.25) is 5.91 Å². The standard InChI is InChI=1S/C34H49BN2O5/c1-32(2)33(3,4)42-35(41-32)25-12-13-27-28(22-25)37(26-20-24(21-26)23-10-8-6-5-7-9-11-23)31(39)34(27)15-17-36(18-16-34)30(38)29-14-19-40-29/h12-13,22-24,26,29H,5-11,14-21H2,1-4H3. The van der Waals surface area contributed by atoms with Crippen LogP contribution in [0.2, 0.25) is 0 Å². The molecule has 5 fully saturated rings. The van der Waals surface area contributed by atoms with E-state index >= 15 is 0 Å². The van der Waals surface area contributed by atoms with Gasteiger partial charge in [0.15, 0.2) is 0 Å². The first-order valence-corrected chi connectivity index (χ1v) is 16.8. The summed E-state index contributed by atoms with van der Waals surface area (Å²) >= 11 is 0. The van der Waals surface area contributed by atoms with Crippen LogP contribution in [0.1, 0.15) is 110 Å². The van der Waals surface area contributed by atoms with Crippen LogP contribution in [-0.2, 0) is 29.0 Å². The van der Waals surface area contributed by atoms with E-state index in [0.717, 1.165) is 47.8 Å². The Hall–Kier alpha value is -1.90. The van der Waals surface area contributed by atoms with Crippen LogP contribution < -0.4 is 10.4 Å². The molecule has 2 aliphatic carbocycles. The lowest BCUT2D eigenvalue weighted by Crippen LogP contribution is -2.56. The minimum absolute atomic E-state index is 0.0933. The number of nitrogens with zero attached hydrogens (tertiary/aromatic N) is 2. The van der Waals surface area contributed by atoms with Crippen molar-refractivity contribution in [2.24, 2.45) is 11.8 Å². The number of likely N-dealkylation sites (tertiary alicyclic amines) is 1. The molecule has 2 saturated carbocycles. The summed E-state index contributed by atoms with van der Waals surface area (Å²) in [5.41, 5.74) is 1.76. The molecule has 7 nitrogen and oxygen atoms in total. The summed E-state index contributed by atoms with van der Waals surface area (Å²) in [7, 11) is -0.459. The molecule has 7 rings (SSSR count). The van der Waals surface area contributed by atoms with Gasteiger partial charge >= 0.3 is 7.12 Å². The molecule has 1 atom stereocenters. The van der Waals surface area contributed by atoms with Gasteiger partial charge in [-0.15, -0.1) is 0 Å². The molecule has 6 aliphatic rings. The highest BCUT2D eigenvalue weighted by Crippen LogP contribution is 2.53. The van der Waals surface area contributed by atoms with Crippen LogP contribution in [0.25, 0.3) is 0 Å². The van der Waals surface area contributed by atoms with E-state index in [-0.39, 0.29) is 24.0 Å². The third kappa shape index (κ3) is 4.66. The average molecular weight is 577 g/mol. The van der Waals surface area contributed by atoms with Crippen LogP contribution in [0.5, 0.6) is 0 Å². The van der Waals surface area contributed by atoms with Crippen molar-refractivity contribution in [1.29, 1.82) is 0 Å². The number of hydrogen-bond acceptors (Lipinski definition) is 5. The molecule has 0 radical (unpaired) electrons. The molecule has 0 N–H and O–H groups in total. The van der Waals surface area contributed by atoms with Crippen molar-refractivity contribution in [3.05, 3.63) is 23.8 Å². The Morgan fingerprint density at radius 1 is 0.881 bits per heavy atom. The number of ether oxygens (including phenoxy) is 1. The lowest BCUT2D eigenvalue weighted by atomic mass is 9.68. The molecule has 228 valence electrons. The highest BCUT2D eigenvalue weighted by molar-refractivity contribution is 6.62. The van der Waals surface area contributed by atoms with Gasteiger partial charge in [-0.1, -0.05) is 57.1 Å². The Bertz CT molecular complexity index is 1190. The van der Waals surface area contributed by atoms with E-state index in [9.17, 15) is 9.59 Å². The first-order chi connectivity index (χ1) is 20.1. The van der Waals surface area contributed by atoms with Gasteiger partial charge in [0.25, 0.3) is 5.91 Å². The summed E-state index contributed by atoms with van der Waals surface area (Å²) < 4.78 is 18.3. The zero-order valence-corrected chi connectivity index (χ0v) is 26.2. The van der Waals surface area contributed by atoms with E-state index in [2.05, 4.69) is 50.8 Å². The number of benzene rings is 1. The van der Waals surface area contributed by atoms with Crippen molar-refractivity contribution in [1.82, 2.24) is 4.90 Å². The molecule has 1 unspecified atom stereocenters. The zero-order chi connectivity index (χ0) is 29.3. The van der Waals surface area contributed by atoms with E-state index < -0.39 is 23.7 Å². The quantitative estimate of drug-likeness (QED) is 0.466. The normalized spacial score (nSPS) is 32.2. The number of anilines is 1.